The quantitative estimate of drug-likeness (QED) is 0.885. The van der Waals surface area contributed by atoms with Gasteiger partial charge in [0, 0.05) is 32.3 Å². The third-order valence-corrected chi connectivity index (χ3v) is 4.55. The first-order chi connectivity index (χ1) is 10.7. The number of phenolic OH excluding ortho intramolecular Hbond substituents is 1. The van der Waals surface area contributed by atoms with E-state index in [4.69, 9.17) is 4.74 Å². The van der Waals surface area contributed by atoms with Crippen LogP contribution in [0.4, 0.5) is 0 Å². The summed E-state index contributed by atoms with van der Waals surface area (Å²) < 4.78 is 5.27. The van der Waals surface area contributed by atoms with Gasteiger partial charge in [-0.2, -0.15) is 0 Å². The minimum Gasteiger partial charge on any atom is -0.508 e. The Balaban J connectivity index is 1.43. The maximum absolute atomic E-state index is 12.1. The smallest absolute Gasteiger partial charge is 0.225 e. The second-order valence-corrected chi connectivity index (χ2v) is 6.29. The van der Waals surface area contributed by atoms with Gasteiger partial charge in [-0.05, 0) is 37.0 Å². The number of rotatable bonds is 4. The molecule has 2 aliphatic heterocycles. The summed E-state index contributed by atoms with van der Waals surface area (Å²) in [5, 5.41) is 12.7. The Morgan fingerprint density at radius 1 is 1.32 bits per heavy atom. The average Bonchev–Trinajstić information content (AvgIpc) is 3.04. The zero-order valence-electron chi connectivity index (χ0n) is 12.8. The number of nitrogens with one attached hydrogen (secondary N) is 1. The number of ether oxygens (including phenoxy) is 1. The molecule has 2 fully saturated rings. The molecule has 1 aromatic carbocycles. The van der Waals surface area contributed by atoms with Gasteiger partial charge in [-0.1, -0.05) is 12.1 Å². The Labute approximate surface area is 131 Å². The normalized spacial score (nSPS) is 23.5. The van der Waals surface area contributed by atoms with Gasteiger partial charge >= 0.3 is 0 Å². The lowest BCUT2D eigenvalue weighted by atomic mass is 10.0. The van der Waals surface area contributed by atoms with Crippen molar-refractivity contribution >= 4 is 5.91 Å². The molecule has 5 nitrogen and oxygen atoms in total. The van der Waals surface area contributed by atoms with Gasteiger partial charge in [-0.3, -0.25) is 9.69 Å². The summed E-state index contributed by atoms with van der Waals surface area (Å²) in [5.41, 5.74) is 1.13. The molecule has 0 aromatic heterocycles. The van der Waals surface area contributed by atoms with Crippen molar-refractivity contribution in [1.82, 2.24) is 10.2 Å². The molecule has 2 aliphatic rings. The number of phenols is 1. The molecule has 0 saturated carbocycles. The SMILES string of the molecule is O=C(NC1CCN(Cc2cccc(O)c2)CC1)C1CCOC1. The Kier molecular flexibility index (Phi) is 4.95. The van der Waals surface area contributed by atoms with Crippen LogP contribution in [-0.4, -0.2) is 48.3 Å². The molecule has 3 rings (SSSR count). The van der Waals surface area contributed by atoms with E-state index in [-0.39, 0.29) is 17.9 Å². The van der Waals surface area contributed by atoms with Crippen LogP contribution in [0, 0.1) is 5.92 Å². The first kappa shape index (κ1) is 15.3. The Bertz CT molecular complexity index is 506. The van der Waals surface area contributed by atoms with Crippen molar-refractivity contribution in [1.29, 1.82) is 0 Å². The van der Waals surface area contributed by atoms with Crippen molar-refractivity contribution in [2.24, 2.45) is 5.92 Å². The highest BCUT2D eigenvalue weighted by Gasteiger charge is 2.27. The van der Waals surface area contributed by atoms with Gasteiger partial charge in [0.2, 0.25) is 5.91 Å². The number of piperidine rings is 1. The maximum Gasteiger partial charge on any atom is 0.225 e. The number of aromatic hydroxyl groups is 1. The summed E-state index contributed by atoms with van der Waals surface area (Å²) >= 11 is 0. The van der Waals surface area contributed by atoms with Gasteiger partial charge in [0.25, 0.3) is 0 Å². The molecule has 22 heavy (non-hydrogen) atoms. The number of hydrogen-bond donors (Lipinski definition) is 2. The summed E-state index contributed by atoms with van der Waals surface area (Å²) in [7, 11) is 0. The number of hydrogen-bond acceptors (Lipinski definition) is 4. The highest BCUT2D eigenvalue weighted by atomic mass is 16.5. The Hall–Kier alpha value is -1.59. The minimum absolute atomic E-state index is 0.0466. The van der Waals surface area contributed by atoms with Crippen molar-refractivity contribution in [2.45, 2.75) is 31.8 Å². The molecule has 2 N–H and O–H groups in total. The summed E-state index contributed by atoms with van der Waals surface area (Å²) in [6, 6.07) is 7.70. The third kappa shape index (κ3) is 3.99. The molecule has 5 heteroatoms. The fourth-order valence-corrected chi connectivity index (χ4v) is 3.21. The van der Waals surface area contributed by atoms with Crippen LogP contribution in [0.3, 0.4) is 0 Å². The molecule has 1 amide bonds. The van der Waals surface area contributed by atoms with Gasteiger partial charge in [0.05, 0.1) is 12.5 Å². The lowest BCUT2D eigenvalue weighted by Gasteiger charge is -2.32. The Morgan fingerprint density at radius 2 is 2.14 bits per heavy atom. The van der Waals surface area contributed by atoms with Gasteiger partial charge in [0.1, 0.15) is 5.75 Å². The first-order valence-electron chi connectivity index (χ1n) is 8.09. The molecule has 2 heterocycles. The molecule has 2 saturated heterocycles. The third-order valence-electron chi connectivity index (χ3n) is 4.55. The van der Waals surface area contributed by atoms with E-state index in [1.54, 1.807) is 6.07 Å². The molecule has 0 aliphatic carbocycles. The Morgan fingerprint density at radius 3 is 2.82 bits per heavy atom. The van der Waals surface area contributed by atoms with Crippen LogP contribution in [0.1, 0.15) is 24.8 Å². The maximum atomic E-state index is 12.1. The van der Waals surface area contributed by atoms with E-state index in [1.807, 2.05) is 18.2 Å². The average molecular weight is 304 g/mol. The molecule has 120 valence electrons. The number of amides is 1. The van der Waals surface area contributed by atoms with E-state index >= 15 is 0 Å². The molecular formula is C17H24N2O3. The lowest BCUT2D eigenvalue weighted by molar-refractivity contribution is -0.126. The minimum atomic E-state index is 0.0466. The van der Waals surface area contributed by atoms with Crippen LogP contribution in [-0.2, 0) is 16.1 Å². The van der Waals surface area contributed by atoms with E-state index in [9.17, 15) is 9.90 Å². The zero-order chi connectivity index (χ0) is 15.4. The molecule has 0 radical (unpaired) electrons. The van der Waals surface area contributed by atoms with Crippen molar-refractivity contribution in [3.05, 3.63) is 29.8 Å². The second kappa shape index (κ2) is 7.11. The van der Waals surface area contributed by atoms with Gasteiger partial charge in [-0.15, -0.1) is 0 Å². The molecule has 0 bridgehead atoms. The van der Waals surface area contributed by atoms with E-state index in [2.05, 4.69) is 10.2 Å². The van der Waals surface area contributed by atoms with Crippen LogP contribution in [0.15, 0.2) is 24.3 Å². The largest absolute Gasteiger partial charge is 0.508 e. The predicted octanol–water partition coefficient (Wildman–Crippen LogP) is 1.51. The summed E-state index contributed by atoms with van der Waals surface area (Å²) in [4.78, 5) is 14.5. The van der Waals surface area contributed by atoms with Crippen LogP contribution in [0.25, 0.3) is 0 Å². The number of carbonyl (C=O) groups is 1. The lowest BCUT2D eigenvalue weighted by Crippen LogP contribution is -2.46. The van der Waals surface area contributed by atoms with Crippen molar-refractivity contribution in [3.8, 4) is 5.75 Å². The first-order valence-corrected chi connectivity index (χ1v) is 8.09. The van der Waals surface area contributed by atoms with Crippen molar-refractivity contribution in [3.63, 3.8) is 0 Å². The molecule has 1 unspecified atom stereocenters. The summed E-state index contributed by atoms with van der Waals surface area (Å²) in [6.45, 7) is 4.08. The van der Waals surface area contributed by atoms with Crippen LogP contribution in [0.5, 0.6) is 5.75 Å². The van der Waals surface area contributed by atoms with Crippen molar-refractivity contribution < 1.29 is 14.6 Å². The molecule has 1 aromatic rings. The predicted molar refractivity (Wildman–Crippen MR) is 83.5 cm³/mol. The number of nitrogens with zero attached hydrogens (tertiary/aromatic N) is 1. The van der Waals surface area contributed by atoms with Crippen LogP contribution >= 0.6 is 0 Å². The van der Waals surface area contributed by atoms with Gasteiger partial charge in [0.15, 0.2) is 0 Å². The molecule has 1 atom stereocenters. The fourth-order valence-electron chi connectivity index (χ4n) is 3.21. The molecular weight excluding hydrogens is 280 g/mol. The number of carbonyl (C=O) groups excluding carboxylic acids is 1. The van der Waals surface area contributed by atoms with Crippen LogP contribution in [0.2, 0.25) is 0 Å². The second-order valence-electron chi connectivity index (χ2n) is 6.29. The summed E-state index contributed by atoms with van der Waals surface area (Å²) in [6.07, 6.45) is 2.82. The standard InChI is InChI=1S/C17H24N2O3/c20-16-3-1-2-13(10-16)11-19-7-4-15(5-8-19)18-17(21)14-6-9-22-12-14/h1-3,10,14-15,20H,4-9,11-12H2,(H,18,21). The monoisotopic (exact) mass is 304 g/mol. The topological polar surface area (TPSA) is 61.8 Å². The fraction of sp³-hybridized carbons (Fsp3) is 0.588. The van der Waals surface area contributed by atoms with E-state index in [0.717, 1.165) is 44.5 Å². The van der Waals surface area contributed by atoms with E-state index in [1.165, 1.54) is 0 Å². The molecule has 0 spiro atoms. The highest BCUT2D eigenvalue weighted by Crippen LogP contribution is 2.18. The highest BCUT2D eigenvalue weighted by molar-refractivity contribution is 5.79. The zero-order valence-corrected chi connectivity index (χ0v) is 12.8. The number of likely N-dealkylation sites (tertiary alicyclic amines) is 1. The van der Waals surface area contributed by atoms with Gasteiger partial charge < -0.3 is 15.2 Å². The number of benzene rings is 1. The van der Waals surface area contributed by atoms with E-state index in [0.29, 0.717) is 19.0 Å². The van der Waals surface area contributed by atoms with Crippen LogP contribution < -0.4 is 5.32 Å². The van der Waals surface area contributed by atoms with E-state index < -0.39 is 0 Å². The van der Waals surface area contributed by atoms with Crippen molar-refractivity contribution in [2.75, 3.05) is 26.3 Å². The summed E-state index contributed by atoms with van der Waals surface area (Å²) in [5.74, 6) is 0.521. The van der Waals surface area contributed by atoms with Gasteiger partial charge in [-0.25, -0.2) is 0 Å².